The van der Waals surface area contributed by atoms with Gasteiger partial charge in [0, 0.05) is 25.7 Å². The number of carbonyl (C=O) groups is 1. The fourth-order valence-corrected chi connectivity index (χ4v) is 1.58. The van der Waals surface area contributed by atoms with Crippen molar-refractivity contribution in [2.45, 2.75) is 6.92 Å². The molecule has 5 nitrogen and oxygen atoms in total. The second kappa shape index (κ2) is 6.06. The maximum absolute atomic E-state index is 11.8. The van der Waals surface area contributed by atoms with Gasteiger partial charge in [0.2, 0.25) is 0 Å². The van der Waals surface area contributed by atoms with Crippen LogP contribution in [0.5, 0.6) is 0 Å². The quantitative estimate of drug-likeness (QED) is 0.686. The highest BCUT2D eigenvalue weighted by molar-refractivity contribution is 5.94. The van der Waals surface area contributed by atoms with Crippen molar-refractivity contribution in [1.29, 1.82) is 0 Å². The summed E-state index contributed by atoms with van der Waals surface area (Å²) in [6, 6.07) is 10.9. The molecule has 2 aromatic rings. The molecule has 1 N–H and O–H groups in total. The van der Waals surface area contributed by atoms with Gasteiger partial charge in [-0.3, -0.25) is 4.79 Å². The summed E-state index contributed by atoms with van der Waals surface area (Å²) in [6.07, 6.45) is 1.47. The molecule has 1 amide bonds. The summed E-state index contributed by atoms with van der Waals surface area (Å²) < 4.78 is 5.47. The van der Waals surface area contributed by atoms with Crippen molar-refractivity contribution in [3.8, 4) is 0 Å². The molecule has 0 unspecified atom stereocenters. The summed E-state index contributed by atoms with van der Waals surface area (Å²) in [4.78, 5) is 13.6. The summed E-state index contributed by atoms with van der Waals surface area (Å²) in [5, 5.41) is 3.88. The molecule has 0 radical (unpaired) electrons. The molecule has 0 aliphatic heterocycles. The first kappa shape index (κ1) is 13.9. The average Bonchev–Trinajstić information content (AvgIpc) is 2.88. The first-order chi connectivity index (χ1) is 9.56. The number of hydrogen-bond donors (Lipinski definition) is 1. The lowest BCUT2D eigenvalue weighted by Crippen LogP contribution is -2.17. The molecular formula is C15H17N3O2. The Labute approximate surface area is 117 Å². The Bertz CT molecular complexity index is 612. The predicted molar refractivity (Wildman–Crippen MR) is 79.3 cm³/mol. The second-order valence-corrected chi connectivity index (χ2v) is 4.64. The SMILES string of the molecule is Cc1ccc(C(=O)N/N=C\c2ccc(N(C)C)o2)cc1. The van der Waals surface area contributed by atoms with Crippen molar-refractivity contribution in [2.75, 3.05) is 19.0 Å². The van der Waals surface area contributed by atoms with Gasteiger partial charge in [0.15, 0.2) is 5.88 Å². The van der Waals surface area contributed by atoms with Crippen molar-refractivity contribution in [2.24, 2.45) is 5.10 Å². The van der Waals surface area contributed by atoms with Crippen molar-refractivity contribution in [3.05, 3.63) is 53.3 Å². The van der Waals surface area contributed by atoms with Crippen LogP contribution >= 0.6 is 0 Å². The zero-order valence-corrected chi connectivity index (χ0v) is 11.8. The molecule has 1 aromatic carbocycles. The first-order valence-electron chi connectivity index (χ1n) is 6.23. The Morgan fingerprint density at radius 3 is 2.50 bits per heavy atom. The minimum absolute atomic E-state index is 0.249. The van der Waals surface area contributed by atoms with E-state index in [1.165, 1.54) is 6.21 Å². The van der Waals surface area contributed by atoms with Crippen LogP contribution in [0.1, 0.15) is 21.7 Å². The van der Waals surface area contributed by atoms with E-state index in [0.29, 0.717) is 11.3 Å². The number of benzene rings is 1. The van der Waals surface area contributed by atoms with Gasteiger partial charge in [0.05, 0.1) is 6.21 Å². The highest BCUT2D eigenvalue weighted by atomic mass is 16.4. The van der Waals surface area contributed by atoms with Gasteiger partial charge >= 0.3 is 0 Å². The molecular weight excluding hydrogens is 254 g/mol. The minimum Gasteiger partial charge on any atom is -0.440 e. The van der Waals surface area contributed by atoms with E-state index in [4.69, 9.17) is 4.42 Å². The molecule has 0 atom stereocenters. The summed E-state index contributed by atoms with van der Waals surface area (Å²) in [5.74, 6) is 1.06. The minimum atomic E-state index is -0.249. The normalized spacial score (nSPS) is 10.8. The number of hydrogen-bond acceptors (Lipinski definition) is 4. The number of amides is 1. The predicted octanol–water partition coefficient (Wildman–Crippen LogP) is 2.42. The van der Waals surface area contributed by atoms with Crippen LogP contribution in [0.25, 0.3) is 0 Å². The molecule has 0 fully saturated rings. The Hall–Kier alpha value is -2.56. The molecule has 104 valence electrons. The molecule has 2 rings (SSSR count). The van der Waals surface area contributed by atoms with Crippen LogP contribution in [-0.4, -0.2) is 26.2 Å². The van der Waals surface area contributed by atoms with Crippen LogP contribution < -0.4 is 10.3 Å². The van der Waals surface area contributed by atoms with Crippen LogP contribution in [-0.2, 0) is 0 Å². The summed E-state index contributed by atoms with van der Waals surface area (Å²) in [6.45, 7) is 1.97. The third-order valence-corrected chi connectivity index (χ3v) is 2.73. The van der Waals surface area contributed by atoms with Crippen molar-refractivity contribution in [3.63, 3.8) is 0 Å². The topological polar surface area (TPSA) is 57.8 Å². The van der Waals surface area contributed by atoms with E-state index in [-0.39, 0.29) is 5.91 Å². The van der Waals surface area contributed by atoms with Crippen LogP contribution in [0.15, 0.2) is 45.9 Å². The van der Waals surface area contributed by atoms with Gasteiger partial charge in [-0.2, -0.15) is 5.10 Å². The summed E-state index contributed by atoms with van der Waals surface area (Å²) in [7, 11) is 3.78. The Morgan fingerprint density at radius 2 is 1.90 bits per heavy atom. The van der Waals surface area contributed by atoms with E-state index >= 15 is 0 Å². The second-order valence-electron chi connectivity index (χ2n) is 4.64. The van der Waals surface area contributed by atoms with E-state index in [1.54, 1.807) is 18.2 Å². The van der Waals surface area contributed by atoms with Crippen LogP contribution in [0.2, 0.25) is 0 Å². The van der Waals surface area contributed by atoms with E-state index in [2.05, 4.69) is 10.5 Å². The lowest BCUT2D eigenvalue weighted by Gasteiger charge is -2.05. The number of nitrogens with one attached hydrogen (secondary N) is 1. The van der Waals surface area contributed by atoms with Crippen molar-refractivity contribution < 1.29 is 9.21 Å². The molecule has 0 bridgehead atoms. The van der Waals surface area contributed by atoms with E-state index in [0.717, 1.165) is 11.4 Å². The number of nitrogens with zero attached hydrogens (tertiary/aromatic N) is 2. The smallest absolute Gasteiger partial charge is 0.271 e. The van der Waals surface area contributed by atoms with Crippen LogP contribution in [0.4, 0.5) is 5.88 Å². The zero-order chi connectivity index (χ0) is 14.5. The number of hydrazone groups is 1. The molecule has 5 heteroatoms. The largest absolute Gasteiger partial charge is 0.440 e. The number of carbonyl (C=O) groups excluding carboxylic acids is 1. The average molecular weight is 271 g/mol. The maximum Gasteiger partial charge on any atom is 0.271 e. The van der Waals surface area contributed by atoms with Gasteiger partial charge in [-0.1, -0.05) is 17.7 Å². The standard InChI is InChI=1S/C15H17N3O2/c1-11-4-6-12(7-5-11)15(19)17-16-10-13-8-9-14(20-13)18(2)3/h4-10H,1-3H3,(H,17,19)/b16-10-. The summed E-state index contributed by atoms with van der Waals surface area (Å²) >= 11 is 0. The van der Waals surface area contributed by atoms with E-state index < -0.39 is 0 Å². The fraction of sp³-hybridized carbons (Fsp3) is 0.200. The van der Waals surface area contributed by atoms with Crippen LogP contribution in [0.3, 0.4) is 0 Å². The maximum atomic E-state index is 11.8. The molecule has 1 aromatic heterocycles. The summed E-state index contributed by atoms with van der Waals surface area (Å²) in [5.41, 5.74) is 4.14. The van der Waals surface area contributed by atoms with Gasteiger partial charge in [-0.25, -0.2) is 5.43 Å². The van der Waals surface area contributed by atoms with E-state index in [1.807, 2.05) is 44.1 Å². The molecule has 0 spiro atoms. The lowest BCUT2D eigenvalue weighted by molar-refractivity contribution is 0.0955. The van der Waals surface area contributed by atoms with Crippen molar-refractivity contribution >= 4 is 18.0 Å². The number of aryl methyl sites for hydroxylation is 1. The van der Waals surface area contributed by atoms with E-state index in [9.17, 15) is 4.79 Å². The first-order valence-corrected chi connectivity index (χ1v) is 6.23. The highest BCUT2D eigenvalue weighted by Crippen LogP contribution is 2.14. The number of furan rings is 1. The zero-order valence-electron chi connectivity index (χ0n) is 11.8. The third kappa shape index (κ3) is 3.47. The van der Waals surface area contributed by atoms with Gasteiger partial charge in [0.25, 0.3) is 5.91 Å². The van der Waals surface area contributed by atoms with Gasteiger partial charge < -0.3 is 9.32 Å². The third-order valence-electron chi connectivity index (χ3n) is 2.73. The Morgan fingerprint density at radius 1 is 1.20 bits per heavy atom. The number of rotatable bonds is 4. The molecule has 0 saturated carbocycles. The molecule has 0 saturated heterocycles. The Kier molecular flexibility index (Phi) is 4.20. The monoisotopic (exact) mass is 271 g/mol. The highest BCUT2D eigenvalue weighted by Gasteiger charge is 2.04. The molecule has 1 heterocycles. The fourth-order valence-electron chi connectivity index (χ4n) is 1.58. The lowest BCUT2D eigenvalue weighted by atomic mass is 10.1. The van der Waals surface area contributed by atoms with Gasteiger partial charge in [-0.15, -0.1) is 0 Å². The van der Waals surface area contributed by atoms with Crippen LogP contribution in [0, 0.1) is 6.92 Å². The molecule has 20 heavy (non-hydrogen) atoms. The molecule has 0 aliphatic carbocycles. The molecule has 0 aliphatic rings. The van der Waals surface area contributed by atoms with Gasteiger partial charge in [0.1, 0.15) is 5.76 Å². The number of anilines is 1. The van der Waals surface area contributed by atoms with Crippen molar-refractivity contribution in [1.82, 2.24) is 5.43 Å². The van der Waals surface area contributed by atoms with Gasteiger partial charge in [-0.05, 0) is 25.1 Å². The Balaban J connectivity index is 1.95.